The maximum Gasteiger partial charge on any atom is 0.319 e. The summed E-state index contributed by atoms with van der Waals surface area (Å²) in [5.41, 5.74) is 0.936. The predicted octanol–water partition coefficient (Wildman–Crippen LogP) is 2.80. The van der Waals surface area contributed by atoms with Crippen LogP contribution in [0.25, 0.3) is 0 Å². The first-order chi connectivity index (χ1) is 9.00. The van der Waals surface area contributed by atoms with E-state index in [9.17, 15) is 4.79 Å². The van der Waals surface area contributed by atoms with Gasteiger partial charge >= 0.3 is 6.03 Å². The summed E-state index contributed by atoms with van der Waals surface area (Å²) in [5.74, 6) is 0. The molecule has 1 heterocycles. The van der Waals surface area contributed by atoms with Crippen molar-refractivity contribution in [2.45, 2.75) is 0 Å². The highest BCUT2D eigenvalue weighted by Crippen LogP contribution is 2.32. The van der Waals surface area contributed by atoms with E-state index < -0.39 is 0 Å². The molecule has 1 aromatic rings. The molecule has 0 spiro atoms. The van der Waals surface area contributed by atoms with Crippen molar-refractivity contribution >= 4 is 34.9 Å². The van der Waals surface area contributed by atoms with E-state index in [1.54, 1.807) is 25.1 Å². The molecule has 0 aliphatic carbocycles. The van der Waals surface area contributed by atoms with Gasteiger partial charge in [-0.05, 0) is 12.1 Å². The number of carbonyl (C=O) groups excluding carboxylic acids is 1. The van der Waals surface area contributed by atoms with Gasteiger partial charge < -0.3 is 14.7 Å². The zero-order chi connectivity index (χ0) is 14.0. The van der Waals surface area contributed by atoms with E-state index in [4.69, 9.17) is 23.2 Å². The van der Waals surface area contributed by atoms with E-state index >= 15 is 0 Å². The van der Waals surface area contributed by atoms with E-state index in [0.29, 0.717) is 23.1 Å². The number of hydrogen-bond donors (Lipinski definition) is 0. The van der Waals surface area contributed by atoms with Crippen LogP contribution >= 0.6 is 23.2 Å². The highest BCUT2D eigenvalue weighted by atomic mass is 35.5. The van der Waals surface area contributed by atoms with Crippen LogP contribution in [0.2, 0.25) is 10.0 Å². The second kappa shape index (κ2) is 5.88. The van der Waals surface area contributed by atoms with E-state index in [2.05, 4.69) is 4.90 Å². The Morgan fingerprint density at radius 1 is 1.16 bits per heavy atom. The first kappa shape index (κ1) is 14.3. The second-order valence-corrected chi connectivity index (χ2v) is 5.51. The molecular formula is C13H17Cl2N3O. The van der Waals surface area contributed by atoms with Gasteiger partial charge in [-0.15, -0.1) is 0 Å². The molecule has 1 saturated heterocycles. The third-order valence-corrected chi connectivity index (χ3v) is 4.01. The molecule has 2 amide bonds. The smallest absolute Gasteiger partial charge is 0.319 e. The van der Waals surface area contributed by atoms with Gasteiger partial charge in [-0.1, -0.05) is 29.3 Å². The van der Waals surface area contributed by atoms with E-state index in [-0.39, 0.29) is 6.03 Å². The molecule has 6 heteroatoms. The van der Waals surface area contributed by atoms with Gasteiger partial charge in [0.15, 0.2) is 0 Å². The van der Waals surface area contributed by atoms with Crippen LogP contribution < -0.4 is 4.90 Å². The summed E-state index contributed by atoms with van der Waals surface area (Å²) in [6.07, 6.45) is 0. The molecule has 1 aromatic carbocycles. The Morgan fingerprint density at radius 3 is 2.37 bits per heavy atom. The number of rotatable bonds is 1. The lowest BCUT2D eigenvalue weighted by Crippen LogP contribution is -2.51. The summed E-state index contributed by atoms with van der Waals surface area (Å²) in [4.78, 5) is 17.5. The standard InChI is InChI=1S/C13H17Cl2N3O/c1-16(2)13(19)18-8-6-17(7-9-18)11-5-3-4-10(14)12(11)15/h3-5H,6-9H2,1-2H3. The Hall–Kier alpha value is -1.13. The number of piperazine rings is 1. The summed E-state index contributed by atoms with van der Waals surface area (Å²) in [7, 11) is 3.53. The molecule has 104 valence electrons. The molecular weight excluding hydrogens is 285 g/mol. The molecule has 0 radical (unpaired) electrons. The molecule has 0 saturated carbocycles. The second-order valence-electron chi connectivity index (χ2n) is 4.72. The van der Waals surface area contributed by atoms with Crippen LogP contribution in [0.5, 0.6) is 0 Å². The monoisotopic (exact) mass is 301 g/mol. The third-order valence-electron chi connectivity index (χ3n) is 3.20. The largest absolute Gasteiger partial charge is 0.367 e. The quantitative estimate of drug-likeness (QED) is 0.797. The van der Waals surface area contributed by atoms with Crippen LogP contribution in [0.1, 0.15) is 0 Å². The normalized spacial score (nSPS) is 15.6. The Kier molecular flexibility index (Phi) is 4.42. The fourth-order valence-electron chi connectivity index (χ4n) is 2.16. The van der Waals surface area contributed by atoms with Crippen molar-refractivity contribution in [1.82, 2.24) is 9.80 Å². The predicted molar refractivity (Wildman–Crippen MR) is 79.3 cm³/mol. The summed E-state index contributed by atoms with van der Waals surface area (Å²) < 4.78 is 0. The van der Waals surface area contributed by atoms with Crippen LogP contribution in [0.3, 0.4) is 0 Å². The molecule has 1 fully saturated rings. The number of hydrogen-bond acceptors (Lipinski definition) is 2. The van der Waals surface area contributed by atoms with Gasteiger partial charge in [-0.25, -0.2) is 4.79 Å². The van der Waals surface area contributed by atoms with Gasteiger partial charge in [-0.3, -0.25) is 0 Å². The van der Waals surface area contributed by atoms with Gasteiger partial charge in [0, 0.05) is 40.3 Å². The Bertz CT molecular complexity index is 471. The zero-order valence-electron chi connectivity index (χ0n) is 11.1. The topological polar surface area (TPSA) is 26.8 Å². The molecule has 2 rings (SSSR count). The van der Waals surface area contributed by atoms with Crippen molar-refractivity contribution in [3.8, 4) is 0 Å². The molecule has 0 N–H and O–H groups in total. The summed E-state index contributed by atoms with van der Waals surface area (Å²) in [5, 5.41) is 1.14. The molecule has 0 unspecified atom stereocenters. The summed E-state index contributed by atoms with van der Waals surface area (Å²) in [6.45, 7) is 2.92. The van der Waals surface area contributed by atoms with Crippen molar-refractivity contribution in [2.24, 2.45) is 0 Å². The number of benzene rings is 1. The molecule has 1 aliphatic heterocycles. The highest BCUT2D eigenvalue weighted by molar-refractivity contribution is 6.43. The van der Waals surface area contributed by atoms with Crippen molar-refractivity contribution in [3.63, 3.8) is 0 Å². The van der Waals surface area contributed by atoms with E-state index in [1.165, 1.54) is 0 Å². The first-order valence-electron chi connectivity index (χ1n) is 6.16. The van der Waals surface area contributed by atoms with Gasteiger partial charge in [0.1, 0.15) is 0 Å². The minimum absolute atomic E-state index is 0.0526. The number of urea groups is 1. The number of carbonyl (C=O) groups is 1. The third kappa shape index (κ3) is 3.07. The van der Waals surface area contributed by atoms with Crippen molar-refractivity contribution in [3.05, 3.63) is 28.2 Å². The molecule has 0 aromatic heterocycles. The van der Waals surface area contributed by atoms with Crippen molar-refractivity contribution in [2.75, 3.05) is 45.2 Å². The summed E-state index contributed by atoms with van der Waals surface area (Å²) >= 11 is 12.2. The highest BCUT2D eigenvalue weighted by Gasteiger charge is 2.23. The lowest BCUT2D eigenvalue weighted by molar-refractivity contribution is 0.168. The Labute approximate surface area is 123 Å². The lowest BCUT2D eigenvalue weighted by Gasteiger charge is -2.37. The van der Waals surface area contributed by atoms with Crippen LogP contribution in [-0.4, -0.2) is 56.1 Å². The van der Waals surface area contributed by atoms with Crippen molar-refractivity contribution < 1.29 is 4.79 Å². The maximum absolute atomic E-state index is 11.8. The fourth-order valence-corrected chi connectivity index (χ4v) is 2.57. The number of halogens is 2. The molecule has 0 bridgehead atoms. The van der Waals surface area contributed by atoms with Gasteiger partial charge in [-0.2, -0.15) is 0 Å². The number of anilines is 1. The average molecular weight is 302 g/mol. The van der Waals surface area contributed by atoms with Crippen LogP contribution in [0.15, 0.2) is 18.2 Å². The first-order valence-corrected chi connectivity index (χ1v) is 6.91. The fraction of sp³-hybridized carbons (Fsp3) is 0.462. The van der Waals surface area contributed by atoms with Gasteiger partial charge in [0.25, 0.3) is 0 Å². The zero-order valence-corrected chi connectivity index (χ0v) is 12.6. The van der Waals surface area contributed by atoms with Crippen molar-refractivity contribution in [1.29, 1.82) is 0 Å². The number of amides is 2. The lowest BCUT2D eigenvalue weighted by atomic mass is 10.2. The molecule has 4 nitrogen and oxygen atoms in total. The summed E-state index contributed by atoms with van der Waals surface area (Å²) in [6, 6.07) is 5.68. The van der Waals surface area contributed by atoms with E-state index in [1.807, 2.05) is 17.0 Å². The van der Waals surface area contributed by atoms with E-state index in [0.717, 1.165) is 18.8 Å². The molecule has 0 atom stereocenters. The molecule has 19 heavy (non-hydrogen) atoms. The minimum Gasteiger partial charge on any atom is -0.367 e. The Balaban J connectivity index is 2.04. The van der Waals surface area contributed by atoms with Crippen LogP contribution in [0, 0.1) is 0 Å². The maximum atomic E-state index is 11.8. The van der Waals surface area contributed by atoms with Crippen LogP contribution in [-0.2, 0) is 0 Å². The Morgan fingerprint density at radius 2 is 1.79 bits per heavy atom. The van der Waals surface area contributed by atoms with Crippen LogP contribution in [0.4, 0.5) is 10.5 Å². The average Bonchev–Trinajstić information content (AvgIpc) is 2.41. The SMILES string of the molecule is CN(C)C(=O)N1CCN(c2cccc(Cl)c2Cl)CC1. The van der Waals surface area contributed by atoms with Gasteiger partial charge in [0.05, 0.1) is 15.7 Å². The molecule has 1 aliphatic rings. The minimum atomic E-state index is 0.0526. The number of nitrogens with zero attached hydrogens (tertiary/aromatic N) is 3. The van der Waals surface area contributed by atoms with Gasteiger partial charge in [0.2, 0.25) is 0 Å².